The van der Waals surface area contributed by atoms with Gasteiger partial charge in [-0.15, -0.1) is 12.4 Å². The smallest absolute Gasteiger partial charge is 0.180 e. The summed E-state index contributed by atoms with van der Waals surface area (Å²) in [4.78, 5) is 9.39. The van der Waals surface area contributed by atoms with Crippen LogP contribution in [0.25, 0.3) is 0 Å². The number of para-hydroxylation sites is 2. The van der Waals surface area contributed by atoms with E-state index in [4.69, 9.17) is 10.6 Å². The molecule has 0 aromatic heterocycles. The van der Waals surface area contributed by atoms with Crippen LogP contribution < -0.4 is 16.1 Å². The predicted molar refractivity (Wildman–Crippen MR) is 53.6 cm³/mol. The highest BCUT2D eigenvalue weighted by Gasteiger charge is 2.09. The van der Waals surface area contributed by atoms with Gasteiger partial charge in [-0.25, -0.2) is 10.5 Å². The summed E-state index contributed by atoms with van der Waals surface area (Å²) in [6.45, 7) is 0.355. The molecule has 4 nitrogen and oxygen atoms in total. The van der Waals surface area contributed by atoms with E-state index in [2.05, 4.69) is 10.5 Å². The molecule has 1 aromatic carbocycles. The first-order valence-corrected chi connectivity index (χ1v) is 3.69. The van der Waals surface area contributed by atoms with Gasteiger partial charge < -0.3 is 10.6 Å². The molecule has 1 heterocycles. The van der Waals surface area contributed by atoms with Crippen LogP contribution in [0.2, 0.25) is 0 Å². The van der Waals surface area contributed by atoms with Gasteiger partial charge in [-0.2, -0.15) is 0 Å². The van der Waals surface area contributed by atoms with E-state index in [1.54, 1.807) is 0 Å². The first-order chi connectivity index (χ1) is 5.90. The third-order valence-corrected chi connectivity index (χ3v) is 1.59. The molecule has 5 heteroatoms. The van der Waals surface area contributed by atoms with E-state index < -0.39 is 0 Å². The Labute approximate surface area is 82.2 Å². The molecule has 0 unspecified atom stereocenters. The Morgan fingerprint density at radius 3 is 2.92 bits per heavy atom. The maximum atomic E-state index is 5.39. The highest BCUT2D eigenvalue weighted by molar-refractivity contribution is 5.87. The van der Waals surface area contributed by atoms with Crippen molar-refractivity contribution in [3.63, 3.8) is 0 Å². The number of aliphatic imine (C=N–C) groups is 1. The predicted octanol–water partition coefficient (Wildman–Crippen LogP) is 0.994. The van der Waals surface area contributed by atoms with Crippen LogP contribution in [0.1, 0.15) is 0 Å². The standard InChI is InChI=1S/C8H9N3O.ClH/c9-5-8-10-6-3-1-2-4-7(6)12-11-8;/h1-4H,5,9H2,(H,10,11);1H. The molecule has 0 bridgehead atoms. The average Bonchev–Trinajstić information content (AvgIpc) is 2.17. The van der Waals surface area contributed by atoms with Crippen molar-refractivity contribution >= 4 is 23.9 Å². The quantitative estimate of drug-likeness (QED) is 0.709. The Balaban J connectivity index is 0.000000845. The highest BCUT2D eigenvalue weighted by atomic mass is 35.5. The fourth-order valence-corrected chi connectivity index (χ4v) is 1.01. The van der Waals surface area contributed by atoms with E-state index in [-0.39, 0.29) is 12.4 Å². The number of nitrogens with zero attached hydrogens (tertiary/aromatic N) is 1. The number of nitrogens with two attached hydrogens (primary N) is 1. The number of hydroxylamine groups is 1. The van der Waals surface area contributed by atoms with Crippen molar-refractivity contribution < 1.29 is 4.84 Å². The molecule has 1 aromatic rings. The Bertz CT molecular complexity index is 327. The van der Waals surface area contributed by atoms with Crippen LogP contribution in [0, 0.1) is 0 Å². The van der Waals surface area contributed by atoms with Gasteiger partial charge in [-0.05, 0) is 12.1 Å². The molecule has 0 saturated heterocycles. The van der Waals surface area contributed by atoms with Gasteiger partial charge >= 0.3 is 0 Å². The Kier molecular flexibility index (Phi) is 3.11. The molecule has 0 fully saturated rings. The number of hydrogen-bond acceptors (Lipinski definition) is 4. The number of halogens is 1. The summed E-state index contributed by atoms with van der Waals surface area (Å²) in [5, 5.41) is 0. The lowest BCUT2D eigenvalue weighted by atomic mass is 10.3. The SMILES string of the molecule is Cl.NCC1=Nc2ccccc2ON1. The lowest BCUT2D eigenvalue weighted by Crippen LogP contribution is -2.35. The van der Waals surface area contributed by atoms with Crippen molar-refractivity contribution in [2.24, 2.45) is 10.7 Å². The number of nitrogens with one attached hydrogen (secondary N) is 1. The average molecular weight is 200 g/mol. The molecule has 0 aliphatic carbocycles. The van der Waals surface area contributed by atoms with Crippen molar-refractivity contribution in [1.82, 2.24) is 5.48 Å². The van der Waals surface area contributed by atoms with Crippen molar-refractivity contribution in [1.29, 1.82) is 0 Å². The molecule has 0 saturated carbocycles. The van der Waals surface area contributed by atoms with Crippen LogP contribution >= 0.6 is 12.4 Å². The van der Waals surface area contributed by atoms with E-state index in [1.807, 2.05) is 24.3 Å². The third kappa shape index (κ3) is 1.91. The maximum Gasteiger partial charge on any atom is 0.180 e. The third-order valence-electron chi connectivity index (χ3n) is 1.59. The van der Waals surface area contributed by atoms with Crippen molar-refractivity contribution in [2.45, 2.75) is 0 Å². The van der Waals surface area contributed by atoms with E-state index in [0.29, 0.717) is 12.4 Å². The van der Waals surface area contributed by atoms with Crippen molar-refractivity contribution in [2.75, 3.05) is 6.54 Å². The molecule has 1 aliphatic rings. The topological polar surface area (TPSA) is 59.6 Å². The van der Waals surface area contributed by atoms with Gasteiger partial charge in [0.1, 0.15) is 5.69 Å². The van der Waals surface area contributed by atoms with Crippen LogP contribution in [-0.2, 0) is 0 Å². The zero-order valence-electron chi connectivity index (χ0n) is 6.86. The first kappa shape index (κ1) is 9.83. The highest BCUT2D eigenvalue weighted by Crippen LogP contribution is 2.27. The number of fused-ring (bicyclic) bond motifs is 1. The first-order valence-electron chi connectivity index (χ1n) is 3.69. The van der Waals surface area contributed by atoms with Crippen LogP contribution in [0.15, 0.2) is 29.3 Å². The van der Waals surface area contributed by atoms with Gasteiger partial charge in [-0.3, -0.25) is 0 Å². The fraction of sp³-hybridized carbons (Fsp3) is 0.125. The van der Waals surface area contributed by atoms with Gasteiger partial charge in [0, 0.05) is 0 Å². The monoisotopic (exact) mass is 199 g/mol. The summed E-state index contributed by atoms with van der Waals surface area (Å²) in [5.74, 6) is 1.38. The maximum absolute atomic E-state index is 5.39. The Morgan fingerprint density at radius 1 is 1.38 bits per heavy atom. The Hall–Kier alpha value is -1.26. The number of rotatable bonds is 1. The van der Waals surface area contributed by atoms with Gasteiger partial charge in [0.2, 0.25) is 0 Å². The largest absolute Gasteiger partial charge is 0.379 e. The minimum atomic E-state index is 0. The molecular weight excluding hydrogens is 190 g/mol. The summed E-state index contributed by atoms with van der Waals surface area (Å²) < 4.78 is 0. The lowest BCUT2D eigenvalue weighted by molar-refractivity contribution is 0.256. The van der Waals surface area contributed by atoms with E-state index >= 15 is 0 Å². The Morgan fingerprint density at radius 2 is 2.15 bits per heavy atom. The zero-order valence-corrected chi connectivity index (χ0v) is 7.67. The summed E-state index contributed by atoms with van der Waals surface area (Å²) >= 11 is 0. The minimum absolute atomic E-state index is 0. The second kappa shape index (κ2) is 4.11. The fourth-order valence-electron chi connectivity index (χ4n) is 1.01. The zero-order chi connectivity index (χ0) is 8.39. The second-order valence-electron chi connectivity index (χ2n) is 2.43. The van der Waals surface area contributed by atoms with Crippen molar-refractivity contribution in [3.05, 3.63) is 24.3 Å². The molecule has 70 valence electrons. The molecule has 0 spiro atoms. The van der Waals surface area contributed by atoms with Crippen LogP contribution in [0.3, 0.4) is 0 Å². The number of benzene rings is 1. The van der Waals surface area contributed by atoms with Crippen LogP contribution in [-0.4, -0.2) is 12.4 Å². The number of amidine groups is 1. The molecule has 0 atom stereocenters. The van der Waals surface area contributed by atoms with Gasteiger partial charge in [0.25, 0.3) is 0 Å². The van der Waals surface area contributed by atoms with E-state index in [0.717, 1.165) is 11.4 Å². The lowest BCUT2D eigenvalue weighted by Gasteiger charge is -2.16. The summed E-state index contributed by atoms with van der Waals surface area (Å²) in [7, 11) is 0. The van der Waals surface area contributed by atoms with Crippen molar-refractivity contribution in [3.8, 4) is 5.75 Å². The van der Waals surface area contributed by atoms with Gasteiger partial charge in [-0.1, -0.05) is 12.1 Å². The molecule has 0 radical (unpaired) electrons. The molecule has 13 heavy (non-hydrogen) atoms. The second-order valence-corrected chi connectivity index (χ2v) is 2.43. The molecule has 0 amide bonds. The van der Waals surface area contributed by atoms with Gasteiger partial charge in [0.15, 0.2) is 11.6 Å². The van der Waals surface area contributed by atoms with Gasteiger partial charge in [0.05, 0.1) is 6.54 Å². The summed E-state index contributed by atoms with van der Waals surface area (Å²) in [6, 6.07) is 7.53. The molecule has 3 N–H and O–H groups in total. The normalized spacial score (nSPS) is 12.8. The van der Waals surface area contributed by atoms with E-state index in [1.165, 1.54) is 0 Å². The van der Waals surface area contributed by atoms with Crippen LogP contribution in [0.5, 0.6) is 5.75 Å². The van der Waals surface area contributed by atoms with E-state index in [9.17, 15) is 0 Å². The summed E-state index contributed by atoms with van der Waals surface area (Å²) in [5.41, 5.74) is 8.85. The van der Waals surface area contributed by atoms with Crippen LogP contribution in [0.4, 0.5) is 5.69 Å². The molecular formula is C8H10ClN3O. The number of hydrogen-bond donors (Lipinski definition) is 2. The minimum Gasteiger partial charge on any atom is -0.379 e. The molecule has 1 aliphatic heterocycles. The molecule has 2 rings (SSSR count). The summed E-state index contributed by atoms with van der Waals surface area (Å²) in [6.07, 6.45) is 0.